The monoisotopic (exact) mass is 385 g/mol. The van der Waals surface area contributed by atoms with E-state index < -0.39 is 5.82 Å². The minimum absolute atomic E-state index is 0.256. The summed E-state index contributed by atoms with van der Waals surface area (Å²) < 4.78 is 14.1. The van der Waals surface area contributed by atoms with Crippen molar-refractivity contribution in [3.63, 3.8) is 0 Å². The van der Waals surface area contributed by atoms with Gasteiger partial charge < -0.3 is 10.6 Å². The largest absolute Gasteiger partial charge is 0.340 e. The SMILES string of the molecule is O=C(Nc1ccc(Nc2cccc(Br)c2)nc1)c1cccc(F)c1. The summed E-state index contributed by atoms with van der Waals surface area (Å²) in [5.41, 5.74) is 1.68. The van der Waals surface area contributed by atoms with Gasteiger partial charge in [-0.15, -0.1) is 0 Å². The molecular weight excluding hydrogens is 373 g/mol. The minimum atomic E-state index is -0.450. The van der Waals surface area contributed by atoms with Crippen LogP contribution in [0.2, 0.25) is 0 Å². The lowest BCUT2D eigenvalue weighted by atomic mass is 10.2. The van der Waals surface area contributed by atoms with Crippen molar-refractivity contribution in [2.45, 2.75) is 0 Å². The number of nitrogens with one attached hydrogen (secondary N) is 2. The molecule has 1 aromatic heterocycles. The van der Waals surface area contributed by atoms with Crippen molar-refractivity contribution in [2.75, 3.05) is 10.6 Å². The summed E-state index contributed by atoms with van der Waals surface area (Å²) in [5.74, 6) is -0.185. The molecule has 0 bridgehead atoms. The highest BCUT2D eigenvalue weighted by molar-refractivity contribution is 9.10. The van der Waals surface area contributed by atoms with E-state index in [1.165, 1.54) is 24.4 Å². The average molecular weight is 386 g/mol. The molecule has 4 nitrogen and oxygen atoms in total. The van der Waals surface area contributed by atoms with Gasteiger partial charge in [0.25, 0.3) is 5.91 Å². The van der Waals surface area contributed by atoms with Crippen LogP contribution in [-0.2, 0) is 0 Å². The predicted octanol–water partition coefficient (Wildman–Crippen LogP) is 4.98. The lowest BCUT2D eigenvalue weighted by molar-refractivity contribution is 0.102. The Morgan fingerprint density at radius 3 is 2.54 bits per heavy atom. The van der Waals surface area contributed by atoms with Crippen LogP contribution in [0.3, 0.4) is 0 Å². The first-order valence-corrected chi connectivity index (χ1v) is 7.95. The maximum atomic E-state index is 13.2. The summed E-state index contributed by atoms with van der Waals surface area (Å²) >= 11 is 3.41. The Kier molecular flexibility index (Phi) is 4.86. The molecule has 0 spiro atoms. The summed E-state index contributed by atoms with van der Waals surface area (Å²) in [7, 11) is 0. The molecule has 120 valence electrons. The Bertz CT molecular complexity index is 868. The number of benzene rings is 2. The molecule has 0 aliphatic heterocycles. The molecule has 0 fully saturated rings. The number of aromatic nitrogens is 1. The Morgan fingerprint density at radius 1 is 1.00 bits per heavy atom. The number of hydrogen-bond donors (Lipinski definition) is 2. The smallest absolute Gasteiger partial charge is 0.255 e. The van der Waals surface area contributed by atoms with Gasteiger partial charge in [0.2, 0.25) is 0 Å². The molecule has 0 saturated carbocycles. The van der Waals surface area contributed by atoms with Gasteiger partial charge in [0.1, 0.15) is 11.6 Å². The fourth-order valence-electron chi connectivity index (χ4n) is 2.09. The second-order valence-electron chi connectivity index (χ2n) is 5.03. The van der Waals surface area contributed by atoms with Crippen LogP contribution in [0.4, 0.5) is 21.6 Å². The zero-order valence-corrected chi connectivity index (χ0v) is 14.0. The van der Waals surface area contributed by atoms with E-state index in [1.54, 1.807) is 18.2 Å². The Labute approximate surface area is 146 Å². The van der Waals surface area contributed by atoms with Crippen molar-refractivity contribution in [3.05, 3.63) is 82.7 Å². The van der Waals surface area contributed by atoms with Crippen LogP contribution in [0.5, 0.6) is 0 Å². The molecule has 0 radical (unpaired) electrons. The maximum absolute atomic E-state index is 13.2. The van der Waals surface area contributed by atoms with Gasteiger partial charge >= 0.3 is 0 Å². The Hall–Kier alpha value is -2.73. The number of rotatable bonds is 4. The molecule has 0 unspecified atom stereocenters. The van der Waals surface area contributed by atoms with Crippen molar-refractivity contribution >= 4 is 39.0 Å². The van der Waals surface area contributed by atoms with Gasteiger partial charge in [-0.25, -0.2) is 9.37 Å². The predicted molar refractivity (Wildman–Crippen MR) is 96.0 cm³/mol. The molecule has 0 aliphatic carbocycles. The summed E-state index contributed by atoms with van der Waals surface area (Å²) in [6.07, 6.45) is 1.54. The molecule has 24 heavy (non-hydrogen) atoms. The fourth-order valence-corrected chi connectivity index (χ4v) is 2.49. The first kappa shape index (κ1) is 16.1. The van der Waals surface area contributed by atoms with Gasteiger partial charge in [-0.1, -0.05) is 28.1 Å². The third-order valence-corrected chi connectivity index (χ3v) is 3.70. The first-order chi connectivity index (χ1) is 11.6. The van der Waals surface area contributed by atoms with Crippen LogP contribution in [0.15, 0.2) is 71.3 Å². The van der Waals surface area contributed by atoms with Gasteiger partial charge in [0.15, 0.2) is 0 Å². The van der Waals surface area contributed by atoms with Crippen molar-refractivity contribution < 1.29 is 9.18 Å². The van der Waals surface area contributed by atoms with Crippen LogP contribution in [0.25, 0.3) is 0 Å². The highest BCUT2D eigenvalue weighted by atomic mass is 79.9. The van der Waals surface area contributed by atoms with Crippen molar-refractivity contribution in [2.24, 2.45) is 0 Å². The molecule has 2 N–H and O–H groups in total. The molecule has 0 aliphatic rings. The van der Waals surface area contributed by atoms with E-state index in [4.69, 9.17) is 0 Å². The van der Waals surface area contributed by atoms with Crippen LogP contribution in [0.1, 0.15) is 10.4 Å². The number of anilines is 3. The number of carbonyl (C=O) groups is 1. The number of hydrogen-bond acceptors (Lipinski definition) is 3. The second-order valence-corrected chi connectivity index (χ2v) is 5.95. The molecule has 2 aromatic carbocycles. The van der Waals surface area contributed by atoms with E-state index in [0.29, 0.717) is 11.5 Å². The number of carbonyl (C=O) groups excluding carboxylic acids is 1. The average Bonchev–Trinajstić information content (AvgIpc) is 2.57. The summed E-state index contributed by atoms with van der Waals surface area (Å²) in [6.45, 7) is 0. The third-order valence-electron chi connectivity index (χ3n) is 3.21. The van der Waals surface area contributed by atoms with Gasteiger partial charge in [0.05, 0.1) is 11.9 Å². The maximum Gasteiger partial charge on any atom is 0.255 e. The molecule has 3 aromatic rings. The van der Waals surface area contributed by atoms with Crippen molar-refractivity contribution in [3.8, 4) is 0 Å². The molecule has 1 amide bonds. The van der Waals surface area contributed by atoms with E-state index in [1.807, 2.05) is 24.3 Å². The van der Waals surface area contributed by atoms with Gasteiger partial charge in [0, 0.05) is 15.7 Å². The zero-order chi connectivity index (χ0) is 16.9. The zero-order valence-electron chi connectivity index (χ0n) is 12.5. The lowest BCUT2D eigenvalue weighted by Gasteiger charge is -2.08. The van der Waals surface area contributed by atoms with Crippen molar-refractivity contribution in [1.82, 2.24) is 4.98 Å². The third kappa shape index (κ3) is 4.17. The highest BCUT2D eigenvalue weighted by Crippen LogP contribution is 2.20. The van der Waals surface area contributed by atoms with Crippen LogP contribution >= 0.6 is 15.9 Å². The van der Waals surface area contributed by atoms with E-state index >= 15 is 0 Å². The normalized spacial score (nSPS) is 10.2. The van der Waals surface area contributed by atoms with Gasteiger partial charge in [-0.3, -0.25) is 4.79 Å². The molecule has 1 heterocycles. The summed E-state index contributed by atoms with van der Waals surface area (Å²) in [6, 6.07) is 16.7. The van der Waals surface area contributed by atoms with Crippen LogP contribution in [0, 0.1) is 5.82 Å². The molecule has 0 atom stereocenters. The molecule has 3 rings (SSSR count). The molecule has 0 saturated heterocycles. The minimum Gasteiger partial charge on any atom is -0.340 e. The summed E-state index contributed by atoms with van der Waals surface area (Å²) in [4.78, 5) is 16.3. The van der Waals surface area contributed by atoms with Gasteiger partial charge in [-0.2, -0.15) is 0 Å². The standard InChI is InChI=1S/C18H13BrFN3O/c19-13-4-2-6-15(10-13)22-17-8-7-16(11-21-17)23-18(24)12-3-1-5-14(20)9-12/h1-11H,(H,21,22)(H,23,24). The first-order valence-electron chi connectivity index (χ1n) is 7.16. The lowest BCUT2D eigenvalue weighted by Crippen LogP contribution is -2.12. The number of pyridine rings is 1. The van der Waals surface area contributed by atoms with E-state index in [2.05, 4.69) is 31.5 Å². The Morgan fingerprint density at radius 2 is 1.83 bits per heavy atom. The molecule has 6 heteroatoms. The van der Waals surface area contributed by atoms with E-state index in [9.17, 15) is 9.18 Å². The highest BCUT2D eigenvalue weighted by Gasteiger charge is 2.07. The number of amides is 1. The summed E-state index contributed by atoms with van der Waals surface area (Å²) in [5, 5.41) is 5.84. The quantitative estimate of drug-likeness (QED) is 0.665. The Balaban J connectivity index is 1.67. The van der Waals surface area contributed by atoms with Crippen LogP contribution in [-0.4, -0.2) is 10.9 Å². The second kappa shape index (κ2) is 7.23. The number of halogens is 2. The number of nitrogens with zero attached hydrogens (tertiary/aromatic N) is 1. The van der Waals surface area contributed by atoms with Crippen molar-refractivity contribution in [1.29, 1.82) is 0 Å². The van der Waals surface area contributed by atoms with Gasteiger partial charge in [-0.05, 0) is 48.5 Å². The fraction of sp³-hybridized carbons (Fsp3) is 0. The topological polar surface area (TPSA) is 54.0 Å². The van der Waals surface area contributed by atoms with E-state index in [0.717, 1.165) is 10.2 Å². The van der Waals surface area contributed by atoms with E-state index in [-0.39, 0.29) is 11.5 Å². The molecular formula is C18H13BrFN3O. The van der Waals surface area contributed by atoms with Crippen LogP contribution < -0.4 is 10.6 Å².